The number of hydrogen-bond donors (Lipinski definition) is 5. The van der Waals surface area contributed by atoms with E-state index >= 15 is 0 Å². The lowest BCUT2D eigenvalue weighted by molar-refractivity contribution is -0.221. The molecule has 0 aliphatic carbocycles. The monoisotopic (exact) mass is 224 g/mol. The van der Waals surface area contributed by atoms with Gasteiger partial charge >= 0.3 is 0 Å². The molecule has 0 aromatic rings. The summed E-state index contributed by atoms with van der Waals surface area (Å²) in [5, 5.41) is 46.6. The molecular weight excluding hydrogens is 208 g/mol. The molecule has 0 radical (unpaired) electrons. The zero-order valence-corrected chi connectivity index (χ0v) is 8.22. The van der Waals surface area contributed by atoms with Crippen LogP contribution in [0.3, 0.4) is 0 Å². The summed E-state index contributed by atoms with van der Waals surface area (Å²) in [5.74, 6) is 0. The molecule has 0 spiro atoms. The first-order valence-electron chi connectivity index (χ1n) is 4.54. The van der Waals surface area contributed by atoms with Crippen molar-refractivity contribution in [3.63, 3.8) is 0 Å². The van der Waals surface area contributed by atoms with Crippen LogP contribution in [0.15, 0.2) is 0 Å². The largest absolute Gasteiger partial charge is 0.394 e. The number of hydrogen-bond acceptors (Lipinski definition) is 7. The minimum absolute atomic E-state index is 0.558. The van der Waals surface area contributed by atoms with Crippen LogP contribution in [0, 0.1) is 0 Å². The number of aliphatic hydroxyl groups excluding tert-OH is 5. The van der Waals surface area contributed by atoms with Gasteiger partial charge in [-0.25, -0.2) is 0 Å². The molecule has 0 bridgehead atoms. The van der Waals surface area contributed by atoms with Gasteiger partial charge < -0.3 is 35.0 Å². The van der Waals surface area contributed by atoms with E-state index in [0.717, 1.165) is 0 Å². The number of aliphatic hydroxyl groups is 5. The standard InChI is InChI=1S/C8H16O7/c1-14-8-7(13)6(12)5(11)4(10)3(2-9)15-8/h3-13H,2H2,1H3/t3-,4+,5-,6-,7-,8-/m0/s1. The average molecular weight is 224 g/mol. The molecule has 0 saturated carbocycles. The van der Waals surface area contributed by atoms with Gasteiger partial charge in [0.25, 0.3) is 0 Å². The zero-order valence-electron chi connectivity index (χ0n) is 8.22. The van der Waals surface area contributed by atoms with Crippen molar-refractivity contribution in [1.82, 2.24) is 0 Å². The van der Waals surface area contributed by atoms with Gasteiger partial charge in [0.05, 0.1) is 6.61 Å². The van der Waals surface area contributed by atoms with E-state index < -0.39 is 43.4 Å². The minimum Gasteiger partial charge on any atom is -0.394 e. The van der Waals surface area contributed by atoms with Crippen molar-refractivity contribution in [1.29, 1.82) is 0 Å². The first-order chi connectivity index (χ1) is 7.02. The summed E-state index contributed by atoms with van der Waals surface area (Å²) in [6.45, 7) is -0.558. The van der Waals surface area contributed by atoms with Gasteiger partial charge in [0.2, 0.25) is 0 Å². The Bertz CT molecular complexity index is 170. The van der Waals surface area contributed by atoms with E-state index in [0.29, 0.717) is 0 Å². The van der Waals surface area contributed by atoms with Crippen LogP contribution in [0.1, 0.15) is 0 Å². The molecule has 1 aliphatic rings. The van der Waals surface area contributed by atoms with Crippen LogP contribution in [0.2, 0.25) is 0 Å². The fourth-order valence-electron chi connectivity index (χ4n) is 1.46. The number of methoxy groups -OCH3 is 1. The van der Waals surface area contributed by atoms with Crippen molar-refractivity contribution < 1.29 is 35.0 Å². The Balaban J connectivity index is 2.85. The van der Waals surface area contributed by atoms with E-state index in [1.54, 1.807) is 0 Å². The van der Waals surface area contributed by atoms with Gasteiger partial charge in [-0.05, 0) is 0 Å². The van der Waals surface area contributed by atoms with Crippen molar-refractivity contribution in [3.8, 4) is 0 Å². The van der Waals surface area contributed by atoms with E-state index in [2.05, 4.69) is 0 Å². The van der Waals surface area contributed by atoms with E-state index in [1.807, 2.05) is 0 Å². The second-order valence-corrected chi connectivity index (χ2v) is 3.42. The Morgan fingerprint density at radius 3 is 2.00 bits per heavy atom. The maximum atomic E-state index is 9.47. The molecule has 1 aliphatic heterocycles. The van der Waals surface area contributed by atoms with E-state index in [1.165, 1.54) is 7.11 Å². The first kappa shape index (κ1) is 12.8. The van der Waals surface area contributed by atoms with Gasteiger partial charge in [-0.1, -0.05) is 0 Å². The summed E-state index contributed by atoms with van der Waals surface area (Å²) in [6.07, 6.45) is -8.49. The van der Waals surface area contributed by atoms with Crippen molar-refractivity contribution in [2.24, 2.45) is 0 Å². The Morgan fingerprint density at radius 1 is 1.00 bits per heavy atom. The molecule has 0 aromatic carbocycles. The fourth-order valence-corrected chi connectivity index (χ4v) is 1.46. The molecule has 0 aromatic heterocycles. The van der Waals surface area contributed by atoms with Crippen LogP contribution in [-0.2, 0) is 9.47 Å². The van der Waals surface area contributed by atoms with Crippen LogP contribution in [0.25, 0.3) is 0 Å². The van der Waals surface area contributed by atoms with Crippen LogP contribution in [-0.4, -0.2) is 76.1 Å². The molecule has 1 saturated heterocycles. The highest BCUT2D eigenvalue weighted by molar-refractivity contribution is 4.90. The van der Waals surface area contributed by atoms with Crippen LogP contribution >= 0.6 is 0 Å². The molecule has 7 nitrogen and oxygen atoms in total. The van der Waals surface area contributed by atoms with Crippen LogP contribution in [0.5, 0.6) is 0 Å². The Morgan fingerprint density at radius 2 is 1.53 bits per heavy atom. The lowest BCUT2D eigenvalue weighted by Crippen LogP contribution is -2.47. The molecule has 1 fully saturated rings. The molecule has 90 valence electrons. The third-order valence-corrected chi connectivity index (χ3v) is 2.43. The van der Waals surface area contributed by atoms with Gasteiger partial charge in [-0.3, -0.25) is 0 Å². The fraction of sp³-hybridized carbons (Fsp3) is 1.00. The van der Waals surface area contributed by atoms with Gasteiger partial charge in [-0.2, -0.15) is 0 Å². The smallest absolute Gasteiger partial charge is 0.186 e. The molecule has 7 heteroatoms. The maximum Gasteiger partial charge on any atom is 0.186 e. The highest BCUT2D eigenvalue weighted by Gasteiger charge is 2.44. The lowest BCUT2D eigenvalue weighted by atomic mass is 10.0. The highest BCUT2D eigenvalue weighted by atomic mass is 16.7. The zero-order chi connectivity index (χ0) is 11.6. The van der Waals surface area contributed by atoms with Crippen LogP contribution in [0.4, 0.5) is 0 Å². The summed E-state index contributed by atoms with van der Waals surface area (Å²) in [4.78, 5) is 0. The van der Waals surface area contributed by atoms with Crippen molar-refractivity contribution in [2.75, 3.05) is 13.7 Å². The Kier molecular flexibility index (Phi) is 4.41. The van der Waals surface area contributed by atoms with Crippen molar-refractivity contribution >= 4 is 0 Å². The quantitative estimate of drug-likeness (QED) is 0.335. The SMILES string of the molecule is CO[C@H]1O[C@@H](CO)[C@@H](O)[C@H](O)[C@H](O)[C@@H]1O. The van der Waals surface area contributed by atoms with E-state index in [4.69, 9.17) is 14.6 Å². The maximum absolute atomic E-state index is 9.47. The lowest BCUT2D eigenvalue weighted by Gasteiger charge is -2.23. The van der Waals surface area contributed by atoms with E-state index in [9.17, 15) is 20.4 Å². The molecule has 0 amide bonds. The Labute approximate surface area is 86.5 Å². The number of ether oxygens (including phenoxy) is 2. The first-order valence-corrected chi connectivity index (χ1v) is 4.54. The summed E-state index contributed by atoms with van der Waals surface area (Å²) < 4.78 is 9.70. The molecule has 0 unspecified atom stereocenters. The van der Waals surface area contributed by atoms with Crippen molar-refractivity contribution in [3.05, 3.63) is 0 Å². The predicted molar refractivity (Wildman–Crippen MR) is 46.8 cm³/mol. The van der Waals surface area contributed by atoms with Gasteiger partial charge in [-0.15, -0.1) is 0 Å². The molecule has 15 heavy (non-hydrogen) atoms. The van der Waals surface area contributed by atoms with Gasteiger partial charge in [0.1, 0.15) is 30.5 Å². The summed E-state index contributed by atoms with van der Waals surface area (Å²) in [6, 6.07) is 0. The average Bonchev–Trinajstić information content (AvgIpc) is 2.33. The Hall–Kier alpha value is -0.280. The highest BCUT2D eigenvalue weighted by Crippen LogP contribution is 2.21. The molecule has 1 heterocycles. The predicted octanol–water partition coefficient (Wildman–Crippen LogP) is -3.21. The van der Waals surface area contributed by atoms with Gasteiger partial charge in [0.15, 0.2) is 6.29 Å². The molecular formula is C8H16O7. The normalized spacial score (nSPS) is 47.6. The third kappa shape index (κ3) is 2.45. The van der Waals surface area contributed by atoms with Crippen LogP contribution < -0.4 is 0 Å². The number of rotatable bonds is 2. The molecule has 5 N–H and O–H groups in total. The summed E-state index contributed by atoms with van der Waals surface area (Å²) in [5.41, 5.74) is 0. The van der Waals surface area contributed by atoms with Gasteiger partial charge in [0, 0.05) is 7.11 Å². The molecule has 1 rings (SSSR count). The summed E-state index contributed by atoms with van der Waals surface area (Å²) in [7, 11) is 1.24. The second kappa shape index (κ2) is 5.17. The van der Waals surface area contributed by atoms with Crippen molar-refractivity contribution in [2.45, 2.75) is 36.8 Å². The minimum atomic E-state index is -1.60. The third-order valence-electron chi connectivity index (χ3n) is 2.43. The molecule has 6 atom stereocenters. The topological polar surface area (TPSA) is 120 Å². The summed E-state index contributed by atoms with van der Waals surface area (Å²) >= 11 is 0. The van der Waals surface area contributed by atoms with E-state index in [-0.39, 0.29) is 0 Å². The second-order valence-electron chi connectivity index (χ2n) is 3.42.